The summed E-state index contributed by atoms with van der Waals surface area (Å²) in [5, 5.41) is 3.48. The molecule has 0 saturated carbocycles. The molecule has 0 aliphatic carbocycles. The van der Waals surface area contributed by atoms with Crippen molar-refractivity contribution >= 4 is 5.69 Å². The summed E-state index contributed by atoms with van der Waals surface area (Å²) in [6.07, 6.45) is 5.27. The second-order valence-corrected chi connectivity index (χ2v) is 5.04. The highest BCUT2D eigenvalue weighted by molar-refractivity contribution is 5.48. The summed E-state index contributed by atoms with van der Waals surface area (Å²) in [5.74, 6) is 0. The van der Waals surface area contributed by atoms with Crippen LogP contribution < -0.4 is 10.2 Å². The molecule has 1 N–H and O–H groups in total. The van der Waals surface area contributed by atoms with Gasteiger partial charge in [-0.3, -0.25) is 4.98 Å². The van der Waals surface area contributed by atoms with E-state index < -0.39 is 0 Å². The number of anilines is 1. The van der Waals surface area contributed by atoms with Gasteiger partial charge in [0.25, 0.3) is 0 Å². The predicted octanol–water partition coefficient (Wildman–Crippen LogP) is 1.04. The molecular formula is C13H19N3O. The largest absolute Gasteiger partial charge is 0.376 e. The summed E-state index contributed by atoms with van der Waals surface area (Å²) < 4.78 is 5.72. The lowest BCUT2D eigenvalue weighted by Crippen LogP contribution is -2.68. The SMILES string of the molecule is CC1(C2CCO2)CNCCN1c1cccnc1. The minimum absolute atomic E-state index is 0.0551. The van der Waals surface area contributed by atoms with Gasteiger partial charge in [-0.1, -0.05) is 0 Å². The Labute approximate surface area is 102 Å². The highest BCUT2D eigenvalue weighted by atomic mass is 16.5. The van der Waals surface area contributed by atoms with Gasteiger partial charge in [0.2, 0.25) is 0 Å². The summed E-state index contributed by atoms with van der Waals surface area (Å²) in [7, 11) is 0. The fourth-order valence-electron chi connectivity index (χ4n) is 2.83. The first-order valence-corrected chi connectivity index (χ1v) is 6.31. The molecule has 2 atom stereocenters. The van der Waals surface area contributed by atoms with E-state index in [1.54, 1.807) is 0 Å². The van der Waals surface area contributed by atoms with Gasteiger partial charge in [0.15, 0.2) is 0 Å². The van der Waals surface area contributed by atoms with E-state index in [0.717, 1.165) is 32.7 Å². The standard InChI is InChI=1S/C13H19N3O/c1-13(12-4-8-17-12)10-15-6-7-16(13)11-3-2-5-14-9-11/h2-3,5,9,12,15H,4,6-8,10H2,1H3. The zero-order chi connectivity index (χ0) is 11.7. The Hall–Kier alpha value is -1.13. The minimum atomic E-state index is 0.0551. The Kier molecular flexibility index (Phi) is 2.76. The molecule has 2 aliphatic heterocycles. The lowest BCUT2D eigenvalue weighted by Gasteiger charge is -2.53. The van der Waals surface area contributed by atoms with Gasteiger partial charge in [0.1, 0.15) is 0 Å². The van der Waals surface area contributed by atoms with Gasteiger partial charge in [0.05, 0.1) is 23.5 Å². The molecule has 4 nitrogen and oxygen atoms in total. The molecule has 1 aromatic rings. The summed E-state index contributed by atoms with van der Waals surface area (Å²) in [5.41, 5.74) is 1.26. The highest BCUT2D eigenvalue weighted by Crippen LogP contribution is 2.34. The van der Waals surface area contributed by atoms with E-state index in [0.29, 0.717) is 6.10 Å². The van der Waals surface area contributed by atoms with Gasteiger partial charge in [0, 0.05) is 32.4 Å². The molecule has 2 aliphatic rings. The van der Waals surface area contributed by atoms with Crippen LogP contribution in [-0.4, -0.2) is 42.9 Å². The van der Waals surface area contributed by atoms with Gasteiger partial charge in [-0.15, -0.1) is 0 Å². The molecule has 2 saturated heterocycles. The molecule has 0 radical (unpaired) electrons. The fourth-order valence-corrected chi connectivity index (χ4v) is 2.83. The predicted molar refractivity (Wildman–Crippen MR) is 67.2 cm³/mol. The van der Waals surface area contributed by atoms with Crippen molar-refractivity contribution in [3.05, 3.63) is 24.5 Å². The third-order valence-electron chi connectivity index (χ3n) is 3.96. The van der Waals surface area contributed by atoms with Crippen molar-refractivity contribution in [3.8, 4) is 0 Å². The third kappa shape index (κ3) is 1.81. The first-order valence-electron chi connectivity index (χ1n) is 6.31. The van der Waals surface area contributed by atoms with Crippen molar-refractivity contribution < 1.29 is 4.74 Å². The molecule has 0 spiro atoms. The molecule has 3 rings (SSSR count). The maximum Gasteiger partial charge on any atom is 0.0838 e. The lowest BCUT2D eigenvalue weighted by atomic mass is 9.85. The van der Waals surface area contributed by atoms with Crippen molar-refractivity contribution in [2.24, 2.45) is 0 Å². The van der Waals surface area contributed by atoms with Crippen LogP contribution in [-0.2, 0) is 4.74 Å². The van der Waals surface area contributed by atoms with E-state index >= 15 is 0 Å². The fraction of sp³-hybridized carbons (Fsp3) is 0.615. The van der Waals surface area contributed by atoms with Crippen LogP contribution in [0.4, 0.5) is 5.69 Å². The third-order valence-corrected chi connectivity index (χ3v) is 3.96. The molecule has 17 heavy (non-hydrogen) atoms. The first-order chi connectivity index (χ1) is 8.31. The zero-order valence-electron chi connectivity index (χ0n) is 10.2. The van der Waals surface area contributed by atoms with Crippen LogP contribution in [0.15, 0.2) is 24.5 Å². The number of hydrogen-bond acceptors (Lipinski definition) is 4. The molecule has 92 valence electrons. The molecule has 0 amide bonds. The van der Waals surface area contributed by atoms with Crippen molar-refractivity contribution in [2.45, 2.75) is 25.0 Å². The van der Waals surface area contributed by atoms with Crippen LogP contribution in [0.2, 0.25) is 0 Å². The quantitative estimate of drug-likeness (QED) is 0.828. The number of aromatic nitrogens is 1. The lowest BCUT2D eigenvalue weighted by molar-refractivity contribution is -0.0938. The van der Waals surface area contributed by atoms with Crippen LogP contribution >= 0.6 is 0 Å². The van der Waals surface area contributed by atoms with Gasteiger partial charge in [-0.25, -0.2) is 0 Å². The van der Waals surface area contributed by atoms with Gasteiger partial charge >= 0.3 is 0 Å². The van der Waals surface area contributed by atoms with E-state index in [-0.39, 0.29) is 5.54 Å². The number of hydrogen-bond donors (Lipinski definition) is 1. The van der Waals surface area contributed by atoms with Gasteiger partial charge in [-0.2, -0.15) is 0 Å². The molecule has 2 unspecified atom stereocenters. The molecule has 3 heterocycles. The topological polar surface area (TPSA) is 37.4 Å². The average Bonchev–Trinajstić information content (AvgIpc) is 2.28. The van der Waals surface area contributed by atoms with Gasteiger partial charge < -0.3 is 15.0 Å². The number of piperazine rings is 1. The Morgan fingerprint density at radius 3 is 3.12 bits per heavy atom. The number of rotatable bonds is 2. The summed E-state index contributed by atoms with van der Waals surface area (Å²) in [4.78, 5) is 6.67. The first kappa shape index (κ1) is 11.0. The van der Waals surface area contributed by atoms with Crippen LogP contribution in [0.25, 0.3) is 0 Å². The summed E-state index contributed by atoms with van der Waals surface area (Å²) in [6.45, 7) is 6.21. The molecule has 4 heteroatoms. The van der Waals surface area contributed by atoms with Crippen LogP contribution in [0, 0.1) is 0 Å². The second-order valence-electron chi connectivity index (χ2n) is 5.04. The molecule has 0 bridgehead atoms. The summed E-state index contributed by atoms with van der Waals surface area (Å²) >= 11 is 0. The smallest absolute Gasteiger partial charge is 0.0838 e. The summed E-state index contributed by atoms with van der Waals surface area (Å²) in [6, 6.07) is 4.13. The van der Waals surface area contributed by atoms with Crippen LogP contribution in [0.3, 0.4) is 0 Å². The monoisotopic (exact) mass is 233 g/mol. The van der Waals surface area contributed by atoms with E-state index in [4.69, 9.17) is 4.74 Å². The Morgan fingerprint density at radius 1 is 1.59 bits per heavy atom. The number of nitrogens with zero attached hydrogens (tertiary/aromatic N) is 2. The molecular weight excluding hydrogens is 214 g/mol. The van der Waals surface area contributed by atoms with E-state index in [9.17, 15) is 0 Å². The minimum Gasteiger partial charge on any atom is -0.376 e. The number of ether oxygens (including phenoxy) is 1. The Morgan fingerprint density at radius 2 is 2.47 bits per heavy atom. The second kappa shape index (κ2) is 4.27. The number of nitrogens with one attached hydrogen (secondary N) is 1. The van der Waals surface area contributed by atoms with Crippen molar-refractivity contribution in [1.29, 1.82) is 0 Å². The zero-order valence-corrected chi connectivity index (χ0v) is 10.2. The van der Waals surface area contributed by atoms with E-state index in [1.165, 1.54) is 5.69 Å². The highest BCUT2D eigenvalue weighted by Gasteiger charge is 2.45. The maximum absolute atomic E-state index is 5.72. The maximum atomic E-state index is 5.72. The molecule has 2 fully saturated rings. The van der Waals surface area contributed by atoms with Gasteiger partial charge in [-0.05, 0) is 25.5 Å². The van der Waals surface area contributed by atoms with E-state index in [1.807, 2.05) is 18.5 Å². The van der Waals surface area contributed by atoms with Crippen LogP contribution in [0.5, 0.6) is 0 Å². The Balaban J connectivity index is 1.89. The molecule has 1 aromatic heterocycles. The number of pyridine rings is 1. The average molecular weight is 233 g/mol. The molecule has 0 aromatic carbocycles. The van der Waals surface area contributed by atoms with Crippen molar-refractivity contribution in [2.75, 3.05) is 31.1 Å². The van der Waals surface area contributed by atoms with E-state index in [2.05, 4.69) is 28.2 Å². The van der Waals surface area contributed by atoms with Crippen molar-refractivity contribution in [3.63, 3.8) is 0 Å². The Bertz CT molecular complexity index is 380. The van der Waals surface area contributed by atoms with Crippen LogP contribution in [0.1, 0.15) is 13.3 Å². The normalized spacial score (nSPS) is 33.2. The van der Waals surface area contributed by atoms with Crippen molar-refractivity contribution in [1.82, 2.24) is 10.3 Å².